The van der Waals surface area contributed by atoms with Gasteiger partial charge in [0.05, 0.1) is 18.0 Å². The van der Waals surface area contributed by atoms with Crippen molar-refractivity contribution in [2.75, 3.05) is 38.1 Å². The second kappa shape index (κ2) is 9.26. The molecule has 0 spiro atoms. The first-order valence-electron chi connectivity index (χ1n) is 10.6. The molecule has 0 bridgehead atoms. The molecule has 4 rings (SSSR count). The summed E-state index contributed by atoms with van der Waals surface area (Å²) in [7, 11) is 0. The van der Waals surface area contributed by atoms with Crippen molar-refractivity contribution in [1.29, 1.82) is 5.26 Å². The number of esters is 1. The van der Waals surface area contributed by atoms with E-state index >= 15 is 0 Å². The maximum atomic E-state index is 13.7. The minimum absolute atomic E-state index is 0.0990. The summed E-state index contributed by atoms with van der Waals surface area (Å²) in [5.41, 5.74) is 1.23. The molecule has 0 amide bonds. The molecule has 1 saturated carbocycles. The Hall–Kier alpha value is -2.92. The van der Waals surface area contributed by atoms with Gasteiger partial charge in [-0.2, -0.15) is 5.26 Å². The molecule has 1 aliphatic carbocycles. The van der Waals surface area contributed by atoms with Gasteiger partial charge < -0.3 is 20.3 Å². The quantitative estimate of drug-likeness (QED) is 0.451. The third-order valence-corrected chi connectivity index (χ3v) is 5.83. The highest BCUT2D eigenvalue weighted by Gasteiger charge is 2.30. The summed E-state index contributed by atoms with van der Waals surface area (Å²) < 4.78 is 19.3. The van der Waals surface area contributed by atoms with Crippen molar-refractivity contribution in [3.05, 3.63) is 35.3 Å². The van der Waals surface area contributed by atoms with Crippen LogP contribution in [-0.4, -0.2) is 49.5 Å². The Kier molecular flexibility index (Phi) is 6.29. The summed E-state index contributed by atoms with van der Waals surface area (Å²) in [4.78, 5) is 19.4. The molecule has 1 aromatic carbocycles. The van der Waals surface area contributed by atoms with Gasteiger partial charge in [-0.1, -0.05) is 19.3 Å². The number of piperazine rings is 1. The second-order valence-electron chi connectivity index (χ2n) is 7.92. The standard InChI is InChI=1S/C22H26FN5O2/c23-16-6-7-18-19(12-16)27-21(28-10-8-25-9-11-28)20(26-18)17(13-24)22(29)30-14-15-4-2-1-3-5-15/h6-7,12,15,25-26H,1-5,8-11,14H2/b20-17-. The van der Waals surface area contributed by atoms with E-state index in [1.807, 2.05) is 11.0 Å². The van der Waals surface area contributed by atoms with E-state index in [4.69, 9.17) is 4.74 Å². The Balaban J connectivity index is 1.63. The van der Waals surface area contributed by atoms with Crippen molar-refractivity contribution in [3.8, 4) is 6.07 Å². The predicted octanol–water partition coefficient (Wildman–Crippen LogP) is 3.09. The maximum Gasteiger partial charge on any atom is 0.351 e. The minimum atomic E-state index is -0.640. The van der Waals surface area contributed by atoms with Crippen molar-refractivity contribution >= 4 is 23.2 Å². The summed E-state index contributed by atoms with van der Waals surface area (Å²) >= 11 is 0. The van der Waals surface area contributed by atoms with E-state index in [0.717, 1.165) is 38.8 Å². The number of aliphatic imine (C=N–C) groups is 1. The molecule has 1 saturated heterocycles. The number of nitrogens with one attached hydrogen (secondary N) is 2. The zero-order valence-electron chi connectivity index (χ0n) is 16.9. The van der Waals surface area contributed by atoms with E-state index in [1.165, 1.54) is 18.6 Å². The fraction of sp³-hybridized carbons (Fsp3) is 0.500. The van der Waals surface area contributed by atoms with Crippen LogP contribution in [-0.2, 0) is 9.53 Å². The number of hydrogen-bond donors (Lipinski definition) is 2. The number of hydrogen-bond acceptors (Lipinski definition) is 7. The van der Waals surface area contributed by atoms with Gasteiger partial charge in [-0.05, 0) is 30.9 Å². The van der Waals surface area contributed by atoms with Crippen LogP contribution in [0.15, 0.2) is 34.5 Å². The van der Waals surface area contributed by atoms with Crippen LogP contribution in [0.2, 0.25) is 0 Å². The van der Waals surface area contributed by atoms with Crippen LogP contribution in [0.25, 0.3) is 0 Å². The number of carbonyl (C=O) groups is 1. The second-order valence-corrected chi connectivity index (χ2v) is 7.92. The highest BCUT2D eigenvalue weighted by Crippen LogP contribution is 2.34. The normalized spacial score (nSPS) is 21.1. The van der Waals surface area contributed by atoms with Crippen molar-refractivity contribution < 1.29 is 13.9 Å². The van der Waals surface area contributed by atoms with Crippen LogP contribution in [0.4, 0.5) is 15.8 Å². The van der Waals surface area contributed by atoms with E-state index in [-0.39, 0.29) is 5.57 Å². The zero-order chi connectivity index (χ0) is 20.9. The Morgan fingerprint density at radius 1 is 1.27 bits per heavy atom. The molecular formula is C22H26FN5O2. The van der Waals surface area contributed by atoms with Gasteiger partial charge in [0.1, 0.15) is 17.6 Å². The molecule has 2 N–H and O–H groups in total. The largest absolute Gasteiger partial charge is 0.461 e. The first-order valence-corrected chi connectivity index (χ1v) is 10.6. The molecular weight excluding hydrogens is 385 g/mol. The molecule has 7 nitrogen and oxygen atoms in total. The first kappa shape index (κ1) is 20.4. The number of nitrogens with zero attached hydrogens (tertiary/aromatic N) is 3. The molecule has 0 unspecified atom stereocenters. The van der Waals surface area contributed by atoms with E-state index in [9.17, 15) is 14.4 Å². The van der Waals surface area contributed by atoms with Crippen LogP contribution in [0.1, 0.15) is 32.1 Å². The average molecular weight is 411 g/mol. The van der Waals surface area contributed by atoms with Crippen molar-refractivity contribution in [2.24, 2.45) is 10.9 Å². The zero-order valence-corrected chi connectivity index (χ0v) is 16.9. The number of benzene rings is 1. The van der Waals surface area contributed by atoms with Crippen LogP contribution in [0.3, 0.4) is 0 Å². The SMILES string of the molecule is N#C/C(C(=O)OCC1CCCCC1)=C1/Nc2ccc(F)cc2N=C1N1CCNCC1. The summed E-state index contributed by atoms with van der Waals surface area (Å²) in [6, 6.07) is 6.24. The van der Waals surface area contributed by atoms with Crippen LogP contribution >= 0.6 is 0 Å². The topological polar surface area (TPSA) is 89.8 Å². The number of fused-ring (bicyclic) bond motifs is 1. The van der Waals surface area contributed by atoms with Gasteiger partial charge in [0, 0.05) is 32.2 Å². The predicted molar refractivity (Wildman–Crippen MR) is 112 cm³/mol. The van der Waals surface area contributed by atoms with Gasteiger partial charge in [0.25, 0.3) is 0 Å². The smallest absolute Gasteiger partial charge is 0.351 e. The fourth-order valence-electron chi connectivity index (χ4n) is 4.17. The Morgan fingerprint density at radius 2 is 2.03 bits per heavy atom. The van der Waals surface area contributed by atoms with Crippen LogP contribution in [0, 0.1) is 23.1 Å². The van der Waals surface area contributed by atoms with Gasteiger partial charge >= 0.3 is 5.97 Å². The summed E-state index contributed by atoms with van der Waals surface area (Å²) in [5, 5.41) is 16.2. The minimum Gasteiger partial charge on any atom is -0.461 e. The fourth-order valence-corrected chi connectivity index (χ4v) is 4.17. The molecule has 2 fully saturated rings. The summed E-state index contributed by atoms with van der Waals surface area (Å²) in [6.45, 7) is 3.20. The molecule has 1 aromatic rings. The monoisotopic (exact) mass is 411 g/mol. The maximum absolute atomic E-state index is 13.7. The molecule has 158 valence electrons. The van der Waals surface area contributed by atoms with Crippen molar-refractivity contribution in [1.82, 2.24) is 10.2 Å². The Bertz CT molecular complexity index is 909. The number of carbonyl (C=O) groups excluding carboxylic acids is 1. The lowest BCUT2D eigenvalue weighted by Gasteiger charge is -2.34. The molecule has 0 radical (unpaired) electrons. The molecule has 8 heteroatoms. The summed E-state index contributed by atoms with van der Waals surface area (Å²) in [5.74, 6) is -0.199. The summed E-state index contributed by atoms with van der Waals surface area (Å²) in [6.07, 6.45) is 5.64. The lowest BCUT2D eigenvalue weighted by atomic mass is 9.90. The van der Waals surface area contributed by atoms with Crippen LogP contribution in [0.5, 0.6) is 0 Å². The third-order valence-electron chi connectivity index (χ3n) is 5.83. The van der Waals surface area contributed by atoms with E-state index in [2.05, 4.69) is 15.6 Å². The first-order chi connectivity index (χ1) is 14.7. The highest BCUT2D eigenvalue weighted by molar-refractivity contribution is 6.12. The van der Waals surface area contributed by atoms with Gasteiger partial charge in [-0.3, -0.25) is 0 Å². The lowest BCUT2D eigenvalue weighted by molar-refractivity contribution is -0.140. The van der Waals surface area contributed by atoms with Gasteiger partial charge in [-0.25, -0.2) is 14.2 Å². The average Bonchev–Trinajstić information content (AvgIpc) is 2.79. The Morgan fingerprint density at radius 3 is 2.77 bits per heavy atom. The molecule has 0 atom stereocenters. The van der Waals surface area contributed by atoms with E-state index in [1.54, 1.807) is 6.07 Å². The van der Waals surface area contributed by atoms with Crippen LogP contribution < -0.4 is 10.6 Å². The number of ether oxygens (including phenoxy) is 1. The molecule has 3 aliphatic rings. The number of rotatable bonds is 3. The lowest BCUT2D eigenvalue weighted by Crippen LogP contribution is -2.48. The number of halogens is 1. The van der Waals surface area contributed by atoms with Crippen molar-refractivity contribution in [2.45, 2.75) is 32.1 Å². The van der Waals surface area contributed by atoms with Gasteiger partial charge in [0.2, 0.25) is 0 Å². The molecule has 0 aromatic heterocycles. The Labute approximate surface area is 175 Å². The van der Waals surface area contributed by atoms with E-state index in [0.29, 0.717) is 48.5 Å². The van der Waals surface area contributed by atoms with E-state index < -0.39 is 11.8 Å². The molecule has 2 heterocycles. The van der Waals surface area contributed by atoms with Crippen molar-refractivity contribution in [3.63, 3.8) is 0 Å². The number of anilines is 1. The number of nitriles is 1. The third kappa shape index (κ3) is 4.46. The van der Waals surface area contributed by atoms with Gasteiger partial charge in [0.15, 0.2) is 11.4 Å². The molecule has 30 heavy (non-hydrogen) atoms. The highest BCUT2D eigenvalue weighted by atomic mass is 19.1. The number of amidine groups is 1. The van der Waals surface area contributed by atoms with Gasteiger partial charge in [-0.15, -0.1) is 0 Å². The molecule has 2 aliphatic heterocycles.